The van der Waals surface area contributed by atoms with Crippen molar-refractivity contribution in [3.05, 3.63) is 59.2 Å². The largest absolute Gasteiger partial charge is 0.402 e. The average molecular weight is 304 g/mol. The van der Waals surface area contributed by atoms with Crippen LogP contribution in [0.2, 0.25) is 0 Å². The molecule has 2 aromatic rings. The number of hydrogen-bond acceptors (Lipinski definition) is 0. The highest BCUT2D eigenvalue weighted by atomic mass is 19.4. The van der Waals surface area contributed by atoms with E-state index < -0.39 is 11.6 Å². The molecule has 0 amide bonds. The Morgan fingerprint density at radius 1 is 0.955 bits per heavy atom. The average Bonchev–Trinajstić information content (AvgIpc) is 2.76. The van der Waals surface area contributed by atoms with Crippen LogP contribution >= 0.6 is 0 Å². The third-order valence-electron chi connectivity index (χ3n) is 4.76. The van der Waals surface area contributed by atoms with Gasteiger partial charge in [-0.3, -0.25) is 0 Å². The Kier molecular flexibility index (Phi) is 3.54. The van der Waals surface area contributed by atoms with E-state index in [1.165, 1.54) is 6.92 Å². The molecule has 1 atom stereocenters. The van der Waals surface area contributed by atoms with Crippen molar-refractivity contribution in [1.29, 1.82) is 0 Å². The van der Waals surface area contributed by atoms with Crippen LogP contribution in [0.4, 0.5) is 13.2 Å². The van der Waals surface area contributed by atoms with Gasteiger partial charge in [-0.1, -0.05) is 55.8 Å². The van der Waals surface area contributed by atoms with Crippen LogP contribution < -0.4 is 0 Å². The maximum Gasteiger partial charge on any atom is 0.402 e. The normalized spacial score (nSPS) is 19.9. The van der Waals surface area contributed by atoms with Crippen molar-refractivity contribution in [2.45, 2.75) is 44.7 Å². The molecule has 2 aromatic carbocycles. The molecule has 0 heterocycles. The van der Waals surface area contributed by atoms with Gasteiger partial charge in [-0.15, -0.1) is 0 Å². The zero-order valence-electron chi connectivity index (χ0n) is 12.8. The Bertz CT molecular complexity index is 700. The number of halogens is 3. The highest BCUT2D eigenvalue weighted by Gasteiger charge is 2.57. The first-order valence-corrected chi connectivity index (χ1v) is 7.69. The van der Waals surface area contributed by atoms with Crippen LogP contribution in [0.5, 0.6) is 0 Å². The second-order valence-electron chi connectivity index (χ2n) is 6.15. The van der Waals surface area contributed by atoms with Gasteiger partial charge in [0, 0.05) is 0 Å². The summed E-state index contributed by atoms with van der Waals surface area (Å²) in [4.78, 5) is 0. The summed E-state index contributed by atoms with van der Waals surface area (Å²) in [5.74, 6) is 0. The smallest absolute Gasteiger partial charge is 0.170 e. The summed E-state index contributed by atoms with van der Waals surface area (Å²) >= 11 is 0. The molecule has 0 N–H and O–H groups in total. The minimum Gasteiger partial charge on any atom is -0.170 e. The van der Waals surface area contributed by atoms with Crippen LogP contribution in [0.1, 0.15) is 43.4 Å². The Hall–Kier alpha value is -1.77. The molecule has 3 rings (SSSR count). The van der Waals surface area contributed by atoms with Crippen LogP contribution in [0.25, 0.3) is 11.1 Å². The van der Waals surface area contributed by atoms with Gasteiger partial charge in [0.25, 0.3) is 0 Å². The van der Waals surface area contributed by atoms with Crippen molar-refractivity contribution in [2.75, 3.05) is 0 Å². The van der Waals surface area contributed by atoms with Crippen LogP contribution in [0, 0.1) is 0 Å². The zero-order chi connectivity index (χ0) is 16.0. The van der Waals surface area contributed by atoms with Crippen molar-refractivity contribution in [2.24, 2.45) is 0 Å². The fourth-order valence-corrected chi connectivity index (χ4v) is 3.38. The molecule has 116 valence electrons. The summed E-state index contributed by atoms with van der Waals surface area (Å²) in [5, 5.41) is 0. The second kappa shape index (κ2) is 5.15. The number of benzene rings is 2. The molecule has 0 nitrogen and oxygen atoms in total. The molecule has 0 saturated carbocycles. The van der Waals surface area contributed by atoms with E-state index >= 15 is 0 Å². The van der Waals surface area contributed by atoms with Gasteiger partial charge in [-0.2, -0.15) is 13.2 Å². The third-order valence-corrected chi connectivity index (χ3v) is 4.76. The summed E-state index contributed by atoms with van der Waals surface area (Å²) in [5.41, 5.74) is 1.26. The summed E-state index contributed by atoms with van der Waals surface area (Å²) in [6.07, 6.45) is -1.45. The van der Waals surface area contributed by atoms with E-state index in [0.717, 1.165) is 30.4 Å². The fourth-order valence-electron chi connectivity index (χ4n) is 3.38. The molecule has 1 unspecified atom stereocenters. The minimum atomic E-state index is -4.31. The van der Waals surface area contributed by atoms with Crippen molar-refractivity contribution in [3.8, 4) is 11.1 Å². The van der Waals surface area contributed by atoms with Gasteiger partial charge < -0.3 is 0 Å². The lowest BCUT2D eigenvalue weighted by Crippen LogP contribution is -2.38. The van der Waals surface area contributed by atoms with Gasteiger partial charge in [-0.05, 0) is 47.6 Å². The summed E-state index contributed by atoms with van der Waals surface area (Å²) in [7, 11) is 0. The van der Waals surface area contributed by atoms with E-state index in [1.807, 2.05) is 12.1 Å². The number of unbranched alkanes of at least 4 members (excludes halogenated alkanes) is 1. The molecule has 0 spiro atoms. The number of rotatable bonds is 3. The monoisotopic (exact) mass is 304 g/mol. The lowest BCUT2D eigenvalue weighted by Gasteiger charge is -2.30. The van der Waals surface area contributed by atoms with Crippen molar-refractivity contribution in [1.82, 2.24) is 0 Å². The van der Waals surface area contributed by atoms with Gasteiger partial charge in [-0.25, -0.2) is 0 Å². The summed E-state index contributed by atoms with van der Waals surface area (Å²) in [6, 6.07) is 12.5. The lowest BCUT2D eigenvalue weighted by atomic mass is 9.79. The molecular weight excluding hydrogens is 285 g/mol. The molecule has 0 radical (unpaired) electrons. The summed E-state index contributed by atoms with van der Waals surface area (Å²) < 4.78 is 41.7. The Balaban J connectivity index is 2.21. The predicted octanol–water partition coefficient (Wildman–Crippen LogP) is 5.88. The van der Waals surface area contributed by atoms with Crippen LogP contribution in [0.15, 0.2) is 42.5 Å². The van der Waals surface area contributed by atoms with Crippen LogP contribution in [-0.2, 0) is 11.8 Å². The first-order chi connectivity index (χ1) is 10.4. The predicted molar refractivity (Wildman–Crippen MR) is 83.0 cm³/mol. The van der Waals surface area contributed by atoms with E-state index in [0.29, 0.717) is 16.7 Å². The number of alkyl halides is 3. The van der Waals surface area contributed by atoms with Crippen molar-refractivity contribution in [3.63, 3.8) is 0 Å². The maximum absolute atomic E-state index is 13.9. The van der Waals surface area contributed by atoms with Crippen LogP contribution in [0.3, 0.4) is 0 Å². The second-order valence-corrected chi connectivity index (χ2v) is 6.15. The maximum atomic E-state index is 13.9. The fraction of sp³-hybridized carbons (Fsp3) is 0.368. The first kappa shape index (κ1) is 15.1. The van der Waals surface area contributed by atoms with Gasteiger partial charge in [0.05, 0.1) is 0 Å². The topological polar surface area (TPSA) is 0 Å². The molecule has 0 aromatic heterocycles. The van der Waals surface area contributed by atoms with Crippen LogP contribution in [-0.4, -0.2) is 6.18 Å². The lowest BCUT2D eigenvalue weighted by molar-refractivity contribution is -0.172. The van der Waals surface area contributed by atoms with Crippen molar-refractivity contribution >= 4 is 0 Å². The Morgan fingerprint density at radius 3 is 2.32 bits per heavy atom. The van der Waals surface area contributed by atoms with E-state index in [9.17, 15) is 13.2 Å². The van der Waals surface area contributed by atoms with E-state index in [2.05, 4.69) is 6.92 Å². The van der Waals surface area contributed by atoms with Gasteiger partial charge >= 0.3 is 6.18 Å². The first-order valence-electron chi connectivity index (χ1n) is 7.69. The van der Waals surface area contributed by atoms with E-state index in [-0.39, 0.29) is 0 Å². The summed E-state index contributed by atoms with van der Waals surface area (Å²) in [6.45, 7) is 3.39. The molecule has 0 fully saturated rings. The van der Waals surface area contributed by atoms with Gasteiger partial charge in [0.15, 0.2) is 0 Å². The molecular formula is C19H19F3. The number of aryl methyl sites for hydroxylation is 1. The zero-order valence-corrected chi connectivity index (χ0v) is 12.8. The highest BCUT2D eigenvalue weighted by molar-refractivity contribution is 5.81. The Labute approximate surface area is 129 Å². The SMILES string of the molecule is CCCCc1ccc2c(c1)C(C)(C(F)(F)F)c1ccccc1-2. The van der Waals surface area contributed by atoms with E-state index in [4.69, 9.17) is 0 Å². The highest BCUT2D eigenvalue weighted by Crippen LogP contribution is 2.56. The molecule has 1 aliphatic carbocycles. The molecule has 0 bridgehead atoms. The Morgan fingerprint density at radius 2 is 1.64 bits per heavy atom. The third kappa shape index (κ3) is 2.06. The molecule has 3 heteroatoms. The van der Waals surface area contributed by atoms with Gasteiger partial charge in [0.1, 0.15) is 5.41 Å². The number of hydrogen-bond donors (Lipinski definition) is 0. The van der Waals surface area contributed by atoms with E-state index in [1.54, 1.807) is 30.3 Å². The number of fused-ring (bicyclic) bond motifs is 3. The van der Waals surface area contributed by atoms with Gasteiger partial charge in [0.2, 0.25) is 0 Å². The minimum absolute atomic E-state index is 0.366. The standard InChI is InChI=1S/C19H19F3/c1-3-4-7-13-10-11-15-14-8-5-6-9-16(14)18(2,17(15)12-13)19(20,21)22/h5-6,8-12H,3-4,7H2,1-2H3. The molecule has 0 aliphatic heterocycles. The van der Waals surface area contributed by atoms with Crippen molar-refractivity contribution < 1.29 is 13.2 Å². The molecule has 0 saturated heterocycles. The molecule has 1 aliphatic rings. The quantitative estimate of drug-likeness (QED) is 0.664. The molecule has 22 heavy (non-hydrogen) atoms.